The van der Waals surface area contributed by atoms with Crippen LogP contribution in [0.2, 0.25) is 0 Å². The number of benzene rings is 2. The van der Waals surface area contributed by atoms with Crippen molar-refractivity contribution in [3.8, 4) is 11.8 Å². The number of anilines is 1. The van der Waals surface area contributed by atoms with E-state index in [1.165, 1.54) is 0 Å². The van der Waals surface area contributed by atoms with Gasteiger partial charge in [-0.2, -0.15) is 5.26 Å². The monoisotopic (exact) mass is 412 g/mol. The van der Waals surface area contributed by atoms with Crippen LogP contribution in [0.1, 0.15) is 36.8 Å². The summed E-state index contributed by atoms with van der Waals surface area (Å²) in [6.45, 7) is 3.53. The third kappa shape index (κ3) is 3.99. The van der Waals surface area contributed by atoms with Crippen LogP contribution in [0.3, 0.4) is 0 Å². The number of hydrogen-bond acceptors (Lipinski definition) is 5. The van der Waals surface area contributed by atoms with Crippen molar-refractivity contribution in [3.05, 3.63) is 53.6 Å². The maximum absolute atomic E-state index is 13.6. The lowest BCUT2D eigenvalue weighted by atomic mass is 10.1. The summed E-state index contributed by atoms with van der Waals surface area (Å²) in [7, 11) is -3.87. The minimum atomic E-state index is -3.87. The number of amides is 1. The Kier molecular flexibility index (Phi) is 5.94. The normalized spacial score (nSPS) is 15.5. The van der Waals surface area contributed by atoms with Gasteiger partial charge in [0.25, 0.3) is 0 Å². The summed E-state index contributed by atoms with van der Waals surface area (Å²) in [5, 5.41) is 11.3. The number of nitrogens with one attached hydrogen (secondary N) is 1. The average Bonchev–Trinajstić information content (AvgIpc) is 3.21. The quantitative estimate of drug-likeness (QED) is 0.775. The molecule has 1 amide bonds. The van der Waals surface area contributed by atoms with Gasteiger partial charge in [0.2, 0.25) is 5.91 Å². The van der Waals surface area contributed by atoms with Gasteiger partial charge in [0.1, 0.15) is 11.8 Å². The summed E-state index contributed by atoms with van der Waals surface area (Å²) in [4.78, 5) is 13.5. The molecule has 0 spiro atoms. The molecule has 2 aromatic carbocycles. The zero-order valence-electron chi connectivity index (χ0n) is 16.6. The number of sulfone groups is 1. The number of rotatable bonds is 6. The largest absolute Gasteiger partial charge is 0.479 e. The molecule has 29 heavy (non-hydrogen) atoms. The van der Waals surface area contributed by atoms with Crippen molar-refractivity contribution in [1.82, 2.24) is 0 Å². The first-order valence-electron chi connectivity index (χ1n) is 9.53. The summed E-state index contributed by atoms with van der Waals surface area (Å²) in [6.07, 6.45) is 1.99. The third-order valence-corrected chi connectivity index (χ3v) is 8.03. The van der Waals surface area contributed by atoms with Gasteiger partial charge in [-0.3, -0.25) is 4.79 Å². The van der Waals surface area contributed by atoms with Gasteiger partial charge in [-0.25, -0.2) is 8.42 Å². The molecule has 0 heterocycles. The van der Waals surface area contributed by atoms with Gasteiger partial charge in [-0.05, 0) is 68.1 Å². The Morgan fingerprint density at radius 1 is 1.14 bits per heavy atom. The van der Waals surface area contributed by atoms with E-state index in [0.29, 0.717) is 42.7 Å². The Morgan fingerprint density at radius 3 is 2.41 bits per heavy atom. The maximum atomic E-state index is 13.6. The van der Waals surface area contributed by atoms with Crippen molar-refractivity contribution in [2.45, 2.75) is 49.2 Å². The van der Waals surface area contributed by atoms with Gasteiger partial charge in [0, 0.05) is 5.69 Å². The lowest BCUT2D eigenvalue weighted by molar-refractivity contribution is -0.118. The summed E-state index contributed by atoms with van der Waals surface area (Å²) < 4.78 is 31.0. The number of nitrogens with zero attached hydrogens (tertiary/aromatic N) is 1. The highest BCUT2D eigenvalue weighted by atomic mass is 32.2. The molecular formula is C22H24N2O4S. The van der Waals surface area contributed by atoms with Crippen LogP contribution in [-0.4, -0.2) is 25.7 Å². The number of aryl methyl sites for hydroxylation is 2. The zero-order chi connectivity index (χ0) is 21.1. The molecule has 6 nitrogen and oxygen atoms in total. The van der Waals surface area contributed by atoms with E-state index >= 15 is 0 Å². The first-order chi connectivity index (χ1) is 13.8. The highest BCUT2D eigenvalue weighted by Crippen LogP contribution is 2.42. The molecule has 152 valence electrons. The molecule has 0 bridgehead atoms. The van der Waals surface area contributed by atoms with Gasteiger partial charge < -0.3 is 10.1 Å². The minimum Gasteiger partial charge on any atom is -0.479 e. The van der Waals surface area contributed by atoms with Crippen LogP contribution in [0.25, 0.3) is 0 Å². The van der Waals surface area contributed by atoms with E-state index in [2.05, 4.69) is 5.32 Å². The smallest absolute Gasteiger partial charge is 0.246 e. The highest BCUT2D eigenvalue weighted by Gasteiger charge is 2.53. The summed E-state index contributed by atoms with van der Waals surface area (Å²) in [5.74, 6) is 0.00438. The average molecular weight is 413 g/mol. The molecule has 2 aromatic rings. The van der Waals surface area contributed by atoms with Crippen LogP contribution in [-0.2, 0) is 14.6 Å². The zero-order valence-corrected chi connectivity index (χ0v) is 17.4. The van der Waals surface area contributed by atoms with Gasteiger partial charge in [0.15, 0.2) is 21.2 Å². The van der Waals surface area contributed by atoms with Gasteiger partial charge in [-0.15, -0.1) is 0 Å². The molecule has 7 heteroatoms. The number of nitriles is 1. The minimum absolute atomic E-state index is 0.0666. The molecule has 0 unspecified atom stereocenters. The molecule has 0 saturated heterocycles. The van der Waals surface area contributed by atoms with E-state index in [0.717, 1.165) is 5.56 Å². The van der Waals surface area contributed by atoms with Crippen molar-refractivity contribution < 1.29 is 17.9 Å². The van der Waals surface area contributed by atoms with E-state index in [-0.39, 0.29) is 11.5 Å². The standard InChI is InChI=1S/C22H24N2O4S/c1-16-5-6-17(2)20(15-16)29(26,27)22(11-3-4-12-22)21(25)24-18-7-9-19(10-8-18)28-14-13-23/h5-10,15H,3-4,11-12,14H2,1-2H3,(H,24,25). The molecule has 1 saturated carbocycles. The van der Waals surface area contributed by atoms with Crippen LogP contribution in [0.15, 0.2) is 47.4 Å². The first kappa shape index (κ1) is 20.9. The molecule has 1 aliphatic carbocycles. The fourth-order valence-corrected chi connectivity index (χ4v) is 6.14. The van der Waals surface area contributed by atoms with E-state index in [1.807, 2.05) is 19.1 Å². The topological polar surface area (TPSA) is 96.3 Å². The Bertz CT molecular complexity index is 1050. The molecule has 1 N–H and O–H groups in total. The number of carbonyl (C=O) groups is 1. The second-order valence-corrected chi connectivity index (χ2v) is 9.63. The Labute approximate surface area is 171 Å². The summed E-state index contributed by atoms with van der Waals surface area (Å²) in [5.41, 5.74) is 1.98. The van der Waals surface area contributed by atoms with Crippen molar-refractivity contribution >= 4 is 21.4 Å². The van der Waals surface area contributed by atoms with Crippen molar-refractivity contribution in [2.75, 3.05) is 11.9 Å². The Balaban J connectivity index is 1.91. The van der Waals surface area contributed by atoms with E-state index in [4.69, 9.17) is 10.00 Å². The fraction of sp³-hybridized carbons (Fsp3) is 0.364. The van der Waals surface area contributed by atoms with Crippen LogP contribution in [0.5, 0.6) is 5.75 Å². The first-order valence-corrected chi connectivity index (χ1v) is 11.0. The van der Waals surface area contributed by atoms with E-state index in [1.54, 1.807) is 43.3 Å². The number of carbonyl (C=O) groups excluding carboxylic acids is 1. The van der Waals surface area contributed by atoms with Crippen molar-refractivity contribution in [2.24, 2.45) is 0 Å². The molecular weight excluding hydrogens is 388 g/mol. The predicted octanol–water partition coefficient (Wildman–Crippen LogP) is 3.93. The van der Waals surface area contributed by atoms with Crippen LogP contribution < -0.4 is 10.1 Å². The third-order valence-electron chi connectivity index (χ3n) is 5.39. The van der Waals surface area contributed by atoms with Gasteiger partial charge >= 0.3 is 0 Å². The van der Waals surface area contributed by atoms with Crippen molar-refractivity contribution in [1.29, 1.82) is 5.26 Å². The van der Waals surface area contributed by atoms with E-state index in [9.17, 15) is 13.2 Å². The van der Waals surface area contributed by atoms with Crippen LogP contribution in [0.4, 0.5) is 5.69 Å². The molecule has 0 atom stereocenters. The second-order valence-electron chi connectivity index (χ2n) is 7.40. The number of hydrogen-bond donors (Lipinski definition) is 1. The molecule has 1 aliphatic rings. The lowest BCUT2D eigenvalue weighted by Gasteiger charge is -2.28. The maximum Gasteiger partial charge on any atom is 0.246 e. The van der Waals surface area contributed by atoms with Crippen LogP contribution >= 0.6 is 0 Å². The summed E-state index contributed by atoms with van der Waals surface area (Å²) in [6, 6.07) is 13.7. The van der Waals surface area contributed by atoms with Crippen molar-refractivity contribution in [3.63, 3.8) is 0 Å². The molecule has 0 aliphatic heterocycles. The molecule has 1 fully saturated rings. The number of ether oxygens (including phenoxy) is 1. The van der Waals surface area contributed by atoms with Gasteiger partial charge in [-0.1, -0.05) is 25.0 Å². The lowest BCUT2D eigenvalue weighted by Crippen LogP contribution is -2.47. The Hall–Kier alpha value is -2.85. The summed E-state index contributed by atoms with van der Waals surface area (Å²) >= 11 is 0. The fourth-order valence-electron chi connectivity index (χ4n) is 3.77. The van der Waals surface area contributed by atoms with Crippen LogP contribution in [0, 0.1) is 25.2 Å². The molecule has 0 aromatic heterocycles. The molecule has 0 radical (unpaired) electrons. The Morgan fingerprint density at radius 2 is 1.79 bits per heavy atom. The predicted molar refractivity (Wildman–Crippen MR) is 110 cm³/mol. The second kappa shape index (κ2) is 8.26. The SMILES string of the molecule is Cc1ccc(C)c(S(=O)(=O)C2(C(=O)Nc3ccc(OCC#N)cc3)CCCC2)c1. The highest BCUT2D eigenvalue weighted by molar-refractivity contribution is 7.93. The van der Waals surface area contributed by atoms with Gasteiger partial charge in [0.05, 0.1) is 4.90 Å². The van der Waals surface area contributed by atoms with E-state index < -0.39 is 20.5 Å². The molecule has 3 rings (SSSR count).